The molecular formula is C11H14F2N2O2. The van der Waals surface area contributed by atoms with Crippen molar-refractivity contribution < 1.29 is 18.7 Å². The fraction of sp³-hybridized carbons (Fsp3) is 0.364. The Labute approximate surface area is 97.6 Å². The van der Waals surface area contributed by atoms with E-state index in [9.17, 15) is 18.7 Å². The highest BCUT2D eigenvalue weighted by atomic mass is 19.1. The van der Waals surface area contributed by atoms with E-state index < -0.39 is 23.3 Å². The van der Waals surface area contributed by atoms with Crippen LogP contribution >= 0.6 is 0 Å². The molecule has 0 aromatic heterocycles. The number of hydrogen-bond acceptors (Lipinski definition) is 3. The Morgan fingerprint density at radius 3 is 2.53 bits per heavy atom. The second-order valence-corrected chi connectivity index (χ2v) is 3.49. The largest absolute Gasteiger partial charge is 0.386 e. The molecule has 0 saturated carbocycles. The number of carbonyl (C=O) groups excluding carboxylic acids is 1. The summed E-state index contributed by atoms with van der Waals surface area (Å²) in [5.74, 6) is -2.02. The van der Waals surface area contributed by atoms with Crippen molar-refractivity contribution in [3.05, 3.63) is 35.4 Å². The normalized spacial score (nSPS) is 12.2. The molecule has 0 radical (unpaired) electrons. The van der Waals surface area contributed by atoms with Crippen molar-refractivity contribution in [3.8, 4) is 0 Å². The van der Waals surface area contributed by atoms with Crippen molar-refractivity contribution in [2.24, 2.45) is 0 Å². The molecule has 0 spiro atoms. The maximum absolute atomic E-state index is 13.2. The van der Waals surface area contributed by atoms with Gasteiger partial charge in [-0.05, 0) is 19.2 Å². The monoisotopic (exact) mass is 244 g/mol. The van der Waals surface area contributed by atoms with Crippen molar-refractivity contribution in [1.29, 1.82) is 0 Å². The first-order valence-electron chi connectivity index (χ1n) is 5.09. The van der Waals surface area contributed by atoms with Crippen LogP contribution in [0.15, 0.2) is 18.2 Å². The van der Waals surface area contributed by atoms with E-state index in [2.05, 4.69) is 10.6 Å². The van der Waals surface area contributed by atoms with Crippen LogP contribution in [-0.4, -0.2) is 31.2 Å². The van der Waals surface area contributed by atoms with Crippen LogP contribution in [0.25, 0.3) is 0 Å². The fourth-order valence-corrected chi connectivity index (χ4v) is 1.36. The molecule has 94 valence electrons. The van der Waals surface area contributed by atoms with E-state index in [4.69, 9.17) is 0 Å². The van der Waals surface area contributed by atoms with Gasteiger partial charge in [-0.2, -0.15) is 0 Å². The molecule has 6 heteroatoms. The van der Waals surface area contributed by atoms with Gasteiger partial charge in [0.25, 0.3) is 0 Å². The zero-order valence-corrected chi connectivity index (χ0v) is 9.34. The highest BCUT2D eigenvalue weighted by molar-refractivity contribution is 5.77. The summed E-state index contributed by atoms with van der Waals surface area (Å²) in [4.78, 5) is 11.1. The SMILES string of the molecule is CNCC(=O)NCC(O)c1c(F)cccc1F. The highest BCUT2D eigenvalue weighted by Gasteiger charge is 2.17. The third kappa shape index (κ3) is 3.76. The molecule has 17 heavy (non-hydrogen) atoms. The topological polar surface area (TPSA) is 61.4 Å². The fourth-order valence-electron chi connectivity index (χ4n) is 1.36. The molecule has 0 saturated heterocycles. The van der Waals surface area contributed by atoms with Crippen LogP contribution in [0.3, 0.4) is 0 Å². The molecule has 1 amide bonds. The number of halogens is 2. The van der Waals surface area contributed by atoms with Crippen LogP contribution in [0.1, 0.15) is 11.7 Å². The predicted molar refractivity (Wildman–Crippen MR) is 58.3 cm³/mol. The molecule has 1 rings (SSSR count). The molecule has 3 N–H and O–H groups in total. The lowest BCUT2D eigenvalue weighted by Gasteiger charge is -2.13. The minimum absolute atomic E-state index is 0.0759. The highest BCUT2D eigenvalue weighted by Crippen LogP contribution is 2.19. The standard InChI is InChI=1S/C11H14F2N2O2/c1-14-6-10(17)15-5-9(16)11-7(12)3-2-4-8(11)13/h2-4,9,14,16H,5-6H2,1H3,(H,15,17). The molecule has 0 bridgehead atoms. The van der Waals surface area contributed by atoms with Gasteiger partial charge in [-0.3, -0.25) is 4.79 Å². The summed E-state index contributed by atoms with van der Waals surface area (Å²) in [6.07, 6.45) is -1.41. The maximum Gasteiger partial charge on any atom is 0.234 e. The van der Waals surface area contributed by atoms with E-state index in [-0.39, 0.29) is 19.0 Å². The summed E-state index contributed by atoms with van der Waals surface area (Å²) >= 11 is 0. The summed E-state index contributed by atoms with van der Waals surface area (Å²) < 4.78 is 26.5. The van der Waals surface area contributed by atoms with Crippen LogP contribution in [0, 0.1) is 11.6 Å². The Morgan fingerprint density at radius 1 is 1.41 bits per heavy atom. The average molecular weight is 244 g/mol. The summed E-state index contributed by atoms with van der Waals surface area (Å²) in [6.45, 7) is -0.162. The van der Waals surface area contributed by atoms with Gasteiger partial charge in [0.05, 0.1) is 12.1 Å². The number of carbonyl (C=O) groups is 1. The van der Waals surface area contributed by atoms with Gasteiger partial charge in [0.2, 0.25) is 5.91 Å². The molecular weight excluding hydrogens is 230 g/mol. The van der Waals surface area contributed by atoms with Crippen LogP contribution < -0.4 is 10.6 Å². The van der Waals surface area contributed by atoms with Crippen molar-refractivity contribution in [2.75, 3.05) is 20.1 Å². The minimum Gasteiger partial charge on any atom is -0.386 e. The minimum atomic E-state index is -1.41. The number of amides is 1. The van der Waals surface area contributed by atoms with Gasteiger partial charge in [-0.1, -0.05) is 6.07 Å². The van der Waals surface area contributed by atoms with Crippen LogP contribution in [0.4, 0.5) is 8.78 Å². The Kier molecular flexibility index (Phi) is 4.99. The summed E-state index contributed by atoms with van der Waals surface area (Å²) in [5, 5.41) is 14.5. The molecule has 0 aliphatic heterocycles. The number of nitrogens with one attached hydrogen (secondary N) is 2. The van der Waals surface area contributed by atoms with Gasteiger partial charge in [0, 0.05) is 6.54 Å². The molecule has 0 fully saturated rings. The maximum atomic E-state index is 13.2. The summed E-state index contributed by atoms with van der Waals surface area (Å²) in [6, 6.07) is 3.31. The zero-order valence-electron chi connectivity index (χ0n) is 9.34. The van der Waals surface area contributed by atoms with Crippen LogP contribution in [0.5, 0.6) is 0 Å². The zero-order chi connectivity index (χ0) is 12.8. The second-order valence-electron chi connectivity index (χ2n) is 3.49. The van der Waals surface area contributed by atoms with Gasteiger partial charge in [0.1, 0.15) is 17.7 Å². The van der Waals surface area contributed by atoms with Crippen molar-refractivity contribution in [3.63, 3.8) is 0 Å². The Bertz CT molecular complexity index is 379. The lowest BCUT2D eigenvalue weighted by atomic mass is 10.1. The third-order valence-corrected chi connectivity index (χ3v) is 2.16. The number of likely N-dealkylation sites (N-methyl/N-ethyl adjacent to an activating group) is 1. The number of aliphatic hydroxyl groups is 1. The van der Waals surface area contributed by atoms with Gasteiger partial charge in [-0.15, -0.1) is 0 Å². The quantitative estimate of drug-likeness (QED) is 0.699. The number of rotatable bonds is 5. The predicted octanol–water partition coefficient (Wildman–Crippen LogP) is 0.334. The second kappa shape index (κ2) is 6.27. The molecule has 0 heterocycles. The smallest absolute Gasteiger partial charge is 0.234 e. The van der Waals surface area contributed by atoms with E-state index in [1.807, 2.05) is 0 Å². The summed E-state index contributed by atoms with van der Waals surface area (Å²) in [7, 11) is 1.59. The Morgan fingerprint density at radius 2 is 2.00 bits per heavy atom. The van der Waals surface area contributed by atoms with Gasteiger partial charge in [-0.25, -0.2) is 8.78 Å². The number of hydrogen-bond donors (Lipinski definition) is 3. The van der Waals surface area contributed by atoms with E-state index in [1.165, 1.54) is 6.07 Å². The van der Waals surface area contributed by atoms with Crippen LogP contribution in [-0.2, 0) is 4.79 Å². The van der Waals surface area contributed by atoms with Crippen molar-refractivity contribution in [1.82, 2.24) is 10.6 Å². The van der Waals surface area contributed by atoms with Crippen molar-refractivity contribution >= 4 is 5.91 Å². The molecule has 1 aromatic carbocycles. The molecule has 4 nitrogen and oxygen atoms in total. The Hall–Kier alpha value is -1.53. The lowest BCUT2D eigenvalue weighted by molar-refractivity contribution is -0.120. The molecule has 1 aromatic rings. The lowest BCUT2D eigenvalue weighted by Crippen LogP contribution is -2.35. The number of aliphatic hydroxyl groups excluding tert-OH is 1. The molecule has 1 atom stereocenters. The molecule has 1 unspecified atom stereocenters. The van der Waals surface area contributed by atoms with Crippen LogP contribution in [0.2, 0.25) is 0 Å². The third-order valence-electron chi connectivity index (χ3n) is 2.16. The first-order valence-corrected chi connectivity index (χ1v) is 5.09. The van der Waals surface area contributed by atoms with Gasteiger partial charge >= 0.3 is 0 Å². The first-order chi connectivity index (χ1) is 8.06. The van der Waals surface area contributed by atoms with E-state index in [0.717, 1.165) is 12.1 Å². The summed E-state index contributed by atoms with van der Waals surface area (Å²) in [5.41, 5.74) is -0.433. The van der Waals surface area contributed by atoms with Gasteiger partial charge < -0.3 is 15.7 Å². The Balaban J connectivity index is 2.64. The number of benzene rings is 1. The van der Waals surface area contributed by atoms with E-state index in [0.29, 0.717) is 0 Å². The molecule has 0 aliphatic rings. The van der Waals surface area contributed by atoms with Crippen molar-refractivity contribution in [2.45, 2.75) is 6.10 Å². The average Bonchev–Trinajstić information content (AvgIpc) is 2.26. The van der Waals surface area contributed by atoms with E-state index >= 15 is 0 Å². The van der Waals surface area contributed by atoms with E-state index in [1.54, 1.807) is 7.05 Å². The van der Waals surface area contributed by atoms with Gasteiger partial charge in [0.15, 0.2) is 0 Å². The first kappa shape index (κ1) is 13.5. The molecule has 0 aliphatic carbocycles.